The van der Waals surface area contributed by atoms with E-state index in [4.69, 9.17) is 9.47 Å². The van der Waals surface area contributed by atoms with E-state index in [2.05, 4.69) is 4.90 Å². The summed E-state index contributed by atoms with van der Waals surface area (Å²) < 4.78 is 49.5. The molecule has 3 aliphatic heterocycles. The molecule has 1 fully saturated rings. The first-order valence-electron chi connectivity index (χ1n) is 11.2. The number of amides is 1. The number of halogens is 1. The molecular weight excluding hydrogens is 461 g/mol. The molecule has 1 unspecified atom stereocenters. The van der Waals surface area contributed by atoms with E-state index in [1.165, 1.54) is 0 Å². The average Bonchev–Trinajstić information content (AvgIpc) is 3.40. The Kier molecular flexibility index (Phi) is 4.86. The Morgan fingerprint density at radius 3 is 2.71 bits per heavy atom. The number of hydrogen-bond acceptors (Lipinski definition) is 6. The molecule has 3 aromatic rings. The Morgan fingerprint density at radius 2 is 1.88 bits per heavy atom. The van der Waals surface area contributed by atoms with E-state index in [0.717, 1.165) is 27.7 Å². The fourth-order valence-electron chi connectivity index (χ4n) is 5.59. The summed E-state index contributed by atoms with van der Waals surface area (Å²) in [4.78, 5) is 17.2. The minimum atomic E-state index is -4.66. The maximum atomic E-state index is 13.6. The van der Waals surface area contributed by atoms with Crippen LogP contribution < -0.4 is 9.47 Å². The second kappa shape index (κ2) is 7.71. The van der Waals surface area contributed by atoms with Crippen molar-refractivity contribution in [2.45, 2.75) is 25.0 Å². The fraction of sp³-hybridized carbons (Fsp3) is 0.375. The SMILES string of the molecule is CN1CCN2C(Cc3c(n(CCS(=O)(=O)F)c4ccccc34)[C@H]2c2ccc3c(c2)OCO3)C1=O. The molecule has 0 radical (unpaired) electrons. The standard InChI is InChI=1S/C24H24FN3O5S/c1-26-8-9-27-19(24(26)29)13-17-16-4-2-3-5-18(16)28(10-11-34(25,30)31)23(17)22(27)15-6-7-20-21(12-15)33-14-32-20/h2-7,12,19,22H,8-11,13-14H2,1H3/t19?,22-/m1/s1. The molecule has 1 aromatic heterocycles. The summed E-state index contributed by atoms with van der Waals surface area (Å²) in [6.07, 6.45) is 0.509. The van der Waals surface area contributed by atoms with Crippen molar-refractivity contribution in [2.24, 2.45) is 0 Å². The van der Waals surface area contributed by atoms with Crippen molar-refractivity contribution in [3.63, 3.8) is 0 Å². The lowest BCUT2D eigenvalue weighted by Crippen LogP contribution is -2.59. The van der Waals surface area contributed by atoms with Crippen molar-refractivity contribution in [2.75, 3.05) is 32.7 Å². The second-order valence-electron chi connectivity index (χ2n) is 9.01. The van der Waals surface area contributed by atoms with Gasteiger partial charge in [-0.25, -0.2) is 0 Å². The van der Waals surface area contributed by atoms with Gasteiger partial charge in [0.25, 0.3) is 0 Å². The van der Waals surface area contributed by atoms with Crippen LogP contribution in [0, 0.1) is 0 Å². The highest BCUT2D eigenvalue weighted by molar-refractivity contribution is 7.86. The molecule has 2 aromatic carbocycles. The predicted molar refractivity (Wildman–Crippen MR) is 123 cm³/mol. The third kappa shape index (κ3) is 3.35. The number of rotatable bonds is 4. The van der Waals surface area contributed by atoms with Crippen LogP contribution in [0.25, 0.3) is 10.9 Å². The molecule has 3 aliphatic rings. The number of hydrogen-bond donors (Lipinski definition) is 0. The molecular formula is C24H24FN3O5S. The van der Waals surface area contributed by atoms with Crippen LogP contribution >= 0.6 is 0 Å². The minimum Gasteiger partial charge on any atom is -0.454 e. The third-order valence-electron chi connectivity index (χ3n) is 7.13. The topological polar surface area (TPSA) is 81.1 Å². The summed E-state index contributed by atoms with van der Waals surface area (Å²) >= 11 is 0. The lowest BCUT2D eigenvalue weighted by Gasteiger charge is -2.47. The van der Waals surface area contributed by atoms with E-state index in [1.807, 2.05) is 54.1 Å². The van der Waals surface area contributed by atoms with Gasteiger partial charge in [-0.15, -0.1) is 3.89 Å². The number of para-hydroxylation sites is 1. The first kappa shape index (κ1) is 21.4. The number of likely N-dealkylation sites (N-methyl/N-ethyl adjacent to an activating group) is 1. The zero-order valence-electron chi connectivity index (χ0n) is 18.6. The van der Waals surface area contributed by atoms with Crippen LogP contribution in [0.1, 0.15) is 22.9 Å². The van der Waals surface area contributed by atoms with Gasteiger partial charge in [-0.1, -0.05) is 24.3 Å². The van der Waals surface area contributed by atoms with Crippen molar-refractivity contribution < 1.29 is 26.6 Å². The van der Waals surface area contributed by atoms with Gasteiger partial charge in [0.05, 0.1) is 17.8 Å². The van der Waals surface area contributed by atoms with Gasteiger partial charge in [-0.05, 0) is 35.7 Å². The summed E-state index contributed by atoms with van der Waals surface area (Å²) in [7, 11) is -2.84. The Balaban J connectivity index is 1.59. The van der Waals surface area contributed by atoms with Crippen LogP contribution in [0.2, 0.25) is 0 Å². The largest absolute Gasteiger partial charge is 0.454 e. The van der Waals surface area contributed by atoms with Gasteiger partial charge in [0.15, 0.2) is 11.5 Å². The quantitative estimate of drug-likeness (QED) is 0.528. The van der Waals surface area contributed by atoms with Crippen LogP contribution in [0.4, 0.5) is 3.89 Å². The molecule has 8 nitrogen and oxygen atoms in total. The van der Waals surface area contributed by atoms with Crippen LogP contribution in [-0.4, -0.2) is 67.4 Å². The lowest BCUT2D eigenvalue weighted by molar-refractivity contribution is -0.141. The normalized spacial score (nSPS) is 22.2. The maximum Gasteiger partial charge on any atom is 0.304 e. The molecule has 0 aliphatic carbocycles. The number of fused-ring (bicyclic) bond motifs is 5. The van der Waals surface area contributed by atoms with E-state index >= 15 is 0 Å². The van der Waals surface area contributed by atoms with E-state index in [9.17, 15) is 17.1 Å². The number of ether oxygens (including phenoxy) is 2. The van der Waals surface area contributed by atoms with Gasteiger partial charge < -0.3 is 18.9 Å². The predicted octanol–water partition coefficient (Wildman–Crippen LogP) is 2.46. The Labute approximate surface area is 196 Å². The summed E-state index contributed by atoms with van der Waals surface area (Å²) in [6.45, 7) is 1.39. The van der Waals surface area contributed by atoms with Crippen molar-refractivity contribution in [3.8, 4) is 11.5 Å². The average molecular weight is 486 g/mol. The van der Waals surface area contributed by atoms with Crippen LogP contribution in [-0.2, 0) is 28.0 Å². The summed E-state index contributed by atoms with van der Waals surface area (Å²) in [5, 5.41) is 0.958. The Hall–Kier alpha value is -3.11. The van der Waals surface area contributed by atoms with Crippen molar-refractivity contribution in [1.82, 2.24) is 14.4 Å². The molecule has 178 valence electrons. The molecule has 34 heavy (non-hydrogen) atoms. The number of benzene rings is 2. The number of aromatic nitrogens is 1. The maximum absolute atomic E-state index is 13.6. The number of carbonyl (C=O) groups is 1. The van der Waals surface area contributed by atoms with E-state index in [-0.39, 0.29) is 31.3 Å². The molecule has 0 N–H and O–H groups in total. The second-order valence-corrected chi connectivity index (χ2v) is 10.5. The first-order valence-corrected chi connectivity index (χ1v) is 12.8. The smallest absolute Gasteiger partial charge is 0.304 e. The zero-order chi connectivity index (χ0) is 23.6. The molecule has 0 spiro atoms. The monoisotopic (exact) mass is 485 g/mol. The molecule has 2 atom stereocenters. The van der Waals surface area contributed by atoms with Gasteiger partial charge in [-0.3, -0.25) is 9.69 Å². The van der Waals surface area contributed by atoms with Crippen LogP contribution in [0.15, 0.2) is 42.5 Å². The summed E-state index contributed by atoms with van der Waals surface area (Å²) in [5.74, 6) is 0.744. The van der Waals surface area contributed by atoms with Crippen molar-refractivity contribution in [1.29, 1.82) is 0 Å². The third-order valence-corrected chi connectivity index (χ3v) is 7.80. The highest BCUT2D eigenvalue weighted by atomic mass is 32.3. The summed E-state index contributed by atoms with van der Waals surface area (Å²) in [6, 6.07) is 12.8. The Bertz CT molecular complexity index is 1420. The first-order chi connectivity index (χ1) is 16.3. The van der Waals surface area contributed by atoms with Crippen molar-refractivity contribution in [3.05, 3.63) is 59.3 Å². The number of piperazine rings is 1. The lowest BCUT2D eigenvalue weighted by atomic mass is 9.86. The highest BCUT2D eigenvalue weighted by Gasteiger charge is 2.45. The van der Waals surface area contributed by atoms with Crippen molar-refractivity contribution >= 4 is 27.0 Å². The number of aryl methyl sites for hydroxylation is 1. The van der Waals surface area contributed by atoms with Gasteiger partial charge in [0, 0.05) is 43.3 Å². The minimum absolute atomic E-state index is 0.0118. The van der Waals surface area contributed by atoms with Gasteiger partial charge in [0.1, 0.15) is 0 Å². The van der Waals surface area contributed by atoms with E-state index in [1.54, 1.807) is 4.90 Å². The number of nitrogens with zero attached hydrogens (tertiary/aromatic N) is 3. The molecule has 6 rings (SSSR count). The summed E-state index contributed by atoms with van der Waals surface area (Å²) in [5.41, 5.74) is 3.65. The Morgan fingerprint density at radius 1 is 1.09 bits per heavy atom. The van der Waals surface area contributed by atoms with Gasteiger partial charge in [-0.2, -0.15) is 8.42 Å². The molecule has 0 bridgehead atoms. The molecule has 10 heteroatoms. The molecule has 1 amide bonds. The molecule has 1 saturated heterocycles. The zero-order valence-corrected chi connectivity index (χ0v) is 19.4. The van der Waals surface area contributed by atoms with Gasteiger partial charge >= 0.3 is 10.2 Å². The fourth-order valence-corrected chi connectivity index (χ4v) is 5.99. The van der Waals surface area contributed by atoms with Gasteiger partial charge in [0.2, 0.25) is 12.7 Å². The van der Waals surface area contributed by atoms with E-state index in [0.29, 0.717) is 31.0 Å². The van der Waals surface area contributed by atoms with E-state index < -0.39 is 16.0 Å². The molecule has 0 saturated carbocycles. The van der Waals surface area contributed by atoms with Crippen LogP contribution in [0.5, 0.6) is 11.5 Å². The van der Waals surface area contributed by atoms with Crippen LogP contribution in [0.3, 0.4) is 0 Å². The highest BCUT2D eigenvalue weighted by Crippen LogP contribution is 2.46. The number of carbonyl (C=O) groups excluding carboxylic acids is 1. The molecule has 4 heterocycles.